The first-order valence-electron chi connectivity index (χ1n) is 11.0. The summed E-state index contributed by atoms with van der Waals surface area (Å²) in [5.74, 6) is 0.304. The fraction of sp³-hybridized carbons (Fsp3) is 0.222. The zero-order chi connectivity index (χ0) is 23.5. The van der Waals surface area contributed by atoms with Gasteiger partial charge in [-0.1, -0.05) is 73.6 Å². The van der Waals surface area contributed by atoms with Gasteiger partial charge in [0.05, 0.1) is 22.3 Å². The maximum absolute atomic E-state index is 13.3. The molecule has 3 aromatic carbocycles. The minimum atomic E-state index is -0.145. The molecule has 1 heterocycles. The van der Waals surface area contributed by atoms with Crippen LogP contribution in [-0.4, -0.2) is 21.2 Å². The second-order valence-corrected chi connectivity index (χ2v) is 9.36. The average molecular weight is 458 g/mol. The average Bonchev–Trinajstić information content (AvgIpc) is 2.80. The van der Waals surface area contributed by atoms with Gasteiger partial charge in [0, 0.05) is 5.69 Å². The van der Waals surface area contributed by atoms with Gasteiger partial charge in [-0.05, 0) is 55.2 Å². The molecule has 0 bridgehead atoms. The minimum Gasteiger partial charge on any atom is -0.325 e. The van der Waals surface area contributed by atoms with Gasteiger partial charge in [-0.25, -0.2) is 4.98 Å². The number of aryl methyl sites for hydroxylation is 2. The Bertz CT molecular complexity index is 1370. The highest BCUT2D eigenvalue weighted by Crippen LogP contribution is 2.28. The fourth-order valence-electron chi connectivity index (χ4n) is 3.78. The summed E-state index contributed by atoms with van der Waals surface area (Å²) >= 11 is 1.26. The van der Waals surface area contributed by atoms with Gasteiger partial charge in [-0.15, -0.1) is 0 Å². The molecule has 1 N–H and O–H groups in total. The number of hydrogen-bond acceptors (Lipinski definition) is 4. The molecule has 4 rings (SSSR count). The van der Waals surface area contributed by atoms with Crippen LogP contribution >= 0.6 is 11.8 Å². The Morgan fingerprint density at radius 2 is 1.73 bits per heavy atom. The van der Waals surface area contributed by atoms with Crippen LogP contribution < -0.4 is 10.9 Å². The zero-order valence-corrected chi connectivity index (χ0v) is 20.1. The Balaban J connectivity index is 1.67. The number of nitrogens with zero attached hydrogens (tertiary/aromatic N) is 2. The number of para-hydroxylation sites is 2. The largest absolute Gasteiger partial charge is 0.325 e. The van der Waals surface area contributed by atoms with Crippen LogP contribution in [0.3, 0.4) is 0 Å². The van der Waals surface area contributed by atoms with Crippen LogP contribution in [0.5, 0.6) is 0 Å². The first-order chi connectivity index (χ1) is 15.8. The number of hydrogen-bond donors (Lipinski definition) is 1. The SMILES string of the molecule is Cc1ccc(-n2c(SCC(=O)Nc3c(C)cccc3C(C)C)nc3ccccc3c2=O)cc1. The van der Waals surface area contributed by atoms with E-state index in [1.807, 2.05) is 74.5 Å². The van der Waals surface area contributed by atoms with E-state index in [9.17, 15) is 9.59 Å². The molecule has 5 nitrogen and oxygen atoms in total. The molecule has 33 heavy (non-hydrogen) atoms. The van der Waals surface area contributed by atoms with Crippen molar-refractivity contribution in [1.29, 1.82) is 0 Å². The molecule has 0 aliphatic carbocycles. The smallest absolute Gasteiger partial charge is 0.266 e. The second kappa shape index (κ2) is 9.63. The number of aromatic nitrogens is 2. The van der Waals surface area contributed by atoms with Crippen molar-refractivity contribution in [3.8, 4) is 5.69 Å². The third kappa shape index (κ3) is 4.86. The molecule has 0 aliphatic rings. The summed E-state index contributed by atoms with van der Waals surface area (Å²) in [7, 11) is 0. The lowest BCUT2D eigenvalue weighted by molar-refractivity contribution is -0.113. The van der Waals surface area contributed by atoms with Crippen LogP contribution in [0.1, 0.15) is 36.5 Å². The van der Waals surface area contributed by atoms with Gasteiger partial charge in [0.2, 0.25) is 5.91 Å². The molecule has 0 spiro atoms. The highest BCUT2D eigenvalue weighted by Gasteiger charge is 2.16. The molecule has 0 fully saturated rings. The monoisotopic (exact) mass is 457 g/mol. The normalized spacial score (nSPS) is 11.2. The van der Waals surface area contributed by atoms with E-state index in [1.54, 1.807) is 10.6 Å². The molecule has 0 aliphatic heterocycles. The molecular formula is C27H27N3O2S. The number of amides is 1. The molecule has 0 atom stereocenters. The first kappa shape index (κ1) is 22.8. The molecule has 0 saturated heterocycles. The van der Waals surface area contributed by atoms with E-state index in [1.165, 1.54) is 11.8 Å². The van der Waals surface area contributed by atoms with Gasteiger partial charge in [-0.3, -0.25) is 14.2 Å². The maximum Gasteiger partial charge on any atom is 0.266 e. The minimum absolute atomic E-state index is 0.130. The molecule has 0 saturated carbocycles. The quantitative estimate of drug-likeness (QED) is 0.291. The number of thioether (sulfide) groups is 1. The number of carbonyl (C=O) groups excluding carboxylic acids is 1. The van der Waals surface area contributed by atoms with Gasteiger partial charge in [0.1, 0.15) is 0 Å². The van der Waals surface area contributed by atoms with Gasteiger partial charge in [-0.2, -0.15) is 0 Å². The van der Waals surface area contributed by atoms with E-state index < -0.39 is 0 Å². The van der Waals surface area contributed by atoms with Gasteiger partial charge in [0.15, 0.2) is 5.16 Å². The van der Waals surface area contributed by atoms with Crippen LogP contribution in [0, 0.1) is 13.8 Å². The maximum atomic E-state index is 13.3. The summed E-state index contributed by atoms with van der Waals surface area (Å²) in [5, 5.41) is 4.12. The molecule has 1 aromatic heterocycles. The zero-order valence-electron chi connectivity index (χ0n) is 19.3. The van der Waals surface area contributed by atoms with Gasteiger partial charge < -0.3 is 5.32 Å². The standard InChI is InChI=1S/C27H27N3O2S/c1-17(2)21-10-7-8-19(4)25(21)29-24(31)16-33-27-28-23-11-6-5-9-22(23)26(32)30(27)20-14-12-18(3)13-15-20/h5-15,17H,16H2,1-4H3,(H,29,31). The number of carbonyl (C=O) groups is 1. The summed E-state index contributed by atoms with van der Waals surface area (Å²) in [4.78, 5) is 31.0. The molecule has 6 heteroatoms. The van der Waals surface area contributed by atoms with Crippen molar-refractivity contribution in [2.75, 3.05) is 11.1 Å². The Kier molecular flexibility index (Phi) is 6.65. The van der Waals surface area contributed by atoms with Crippen molar-refractivity contribution in [3.63, 3.8) is 0 Å². The van der Waals surface area contributed by atoms with Crippen molar-refractivity contribution < 1.29 is 4.79 Å². The summed E-state index contributed by atoms with van der Waals surface area (Å²) in [6, 6.07) is 21.1. The van der Waals surface area contributed by atoms with Crippen LogP contribution in [0.4, 0.5) is 5.69 Å². The number of fused-ring (bicyclic) bond motifs is 1. The van der Waals surface area contributed by atoms with E-state index in [4.69, 9.17) is 4.98 Å². The first-order valence-corrected chi connectivity index (χ1v) is 11.9. The number of anilines is 1. The highest BCUT2D eigenvalue weighted by atomic mass is 32.2. The van der Waals surface area contributed by atoms with Gasteiger partial charge >= 0.3 is 0 Å². The van der Waals surface area contributed by atoms with Gasteiger partial charge in [0.25, 0.3) is 5.56 Å². The van der Waals surface area contributed by atoms with Crippen LogP contribution in [0.15, 0.2) is 76.7 Å². The Labute approximate surface area is 197 Å². The third-order valence-electron chi connectivity index (χ3n) is 5.56. The lowest BCUT2D eigenvalue weighted by atomic mass is 9.98. The van der Waals surface area contributed by atoms with Crippen molar-refractivity contribution in [3.05, 3.63) is 93.8 Å². The van der Waals surface area contributed by atoms with Crippen LogP contribution in [-0.2, 0) is 4.79 Å². The van der Waals surface area contributed by atoms with Crippen LogP contribution in [0.25, 0.3) is 16.6 Å². The molecule has 0 radical (unpaired) electrons. The molecule has 1 amide bonds. The number of nitrogens with one attached hydrogen (secondary N) is 1. The van der Waals surface area contributed by atoms with E-state index in [2.05, 4.69) is 19.2 Å². The summed E-state index contributed by atoms with van der Waals surface area (Å²) < 4.78 is 1.59. The topological polar surface area (TPSA) is 64.0 Å². The molecule has 168 valence electrons. The third-order valence-corrected chi connectivity index (χ3v) is 6.50. The number of rotatable bonds is 6. The van der Waals surface area contributed by atoms with E-state index in [0.717, 1.165) is 28.1 Å². The predicted molar refractivity (Wildman–Crippen MR) is 137 cm³/mol. The number of benzene rings is 3. The lowest BCUT2D eigenvalue weighted by Gasteiger charge is -2.17. The summed E-state index contributed by atoms with van der Waals surface area (Å²) in [6.07, 6.45) is 0. The summed E-state index contributed by atoms with van der Waals surface area (Å²) in [5.41, 5.74) is 5.30. The Hall–Kier alpha value is -3.38. The lowest BCUT2D eigenvalue weighted by Crippen LogP contribution is -2.23. The van der Waals surface area contributed by atoms with Crippen molar-refractivity contribution in [2.24, 2.45) is 0 Å². The molecule has 4 aromatic rings. The predicted octanol–water partition coefficient (Wildman–Crippen LogP) is 5.86. The Morgan fingerprint density at radius 1 is 1.00 bits per heavy atom. The molecule has 0 unspecified atom stereocenters. The Morgan fingerprint density at radius 3 is 2.45 bits per heavy atom. The second-order valence-electron chi connectivity index (χ2n) is 8.42. The molecular weight excluding hydrogens is 430 g/mol. The van der Waals surface area contributed by atoms with Crippen molar-refractivity contribution in [2.45, 2.75) is 38.8 Å². The van der Waals surface area contributed by atoms with E-state index in [0.29, 0.717) is 22.0 Å². The van der Waals surface area contributed by atoms with E-state index in [-0.39, 0.29) is 17.2 Å². The van der Waals surface area contributed by atoms with Crippen LogP contribution in [0.2, 0.25) is 0 Å². The van der Waals surface area contributed by atoms with Crippen molar-refractivity contribution in [1.82, 2.24) is 9.55 Å². The fourth-order valence-corrected chi connectivity index (χ4v) is 4.59. The van der Waals surface area contributed by atoms with E-state index >= 15 is 0 Å². The highest BCUT2D eigenvalue weighted by molar-refractivity contribution is 7.99. The summed E-state index contributed by atoms with van der Waals surface area (Å²) in [6.45, 7) is 8.22. The van der Waals surface area contributed by atoms with Crippen molar-refractivity contribution >= 4 is 34.3 Å².